The number of aliphatic imine (C=N–C) groups is 2. The van der Waals surface area contributed by atoms with E-state index >= 15 is 0 Å². The molecule has 0 aromatic heterocycles. The first kappa shape index (κ1) is 19.6. The van der Waals surface area contributed by atoms with Crippen LogP contribution in [0.2, 0.25) is 5.02 Å². The second kappa shape index (κ2) is 8.33. The van der Waals surface area contributed by atoms with E-state index in [1.54, 1.807) is 0 Å². The number of aryl methyl sites for hydroxylation is 2. The number of anilines is 2. The van der Waals surface area contributed by atoms with Crippen LogP contribution in [-0.4, -0.2) is 36.2 Å². The molecule has 29 heavy (non-hydrogen) atoms. The lowest BCUT2D eigenvalue weighted by molar-refractivity contribution is 0.497. The highest BCUT2D eigenvalue weighted by Gasteiger charge is 2.32. The van der Waals surface area contributed by atoms with Crippen LogP contribution in [0.4, 0.5) is 11.4 Å². The van der Waals surface area contributed by atoms with Crippen molar-refractivity contribution in [3.05, 3.63) is 58.6 Å². The second-order valence-electron chi connectivity index (χ2n) is 7.47. The van der Waals surface area contributed by atoms with Gasteiger partial charge in [-0.15, -0.1) is 0 Å². The van der Waals surface area contributed by atoms with Crippen LogP contribution in [0.3, 0.4) is 0 Å². The fourth-order valence-electron chi connectivity index (χ4n) is 3.70. The Bertz CT molecular complexity index is 931. The van der Waals surface area contributed by atoms with E-state index in [1.807, 2.05) is 25.1 Å². The van der Waals surface area contributed by atoms with Gasteiger partial charge in [-0.1, -0.05) is 36.7 Å². The average Bonchev–Trinajstić information content (AvgIpc) is 3.25. The molecule has 2 aliphatic heterocycles. The van der Waals surface area contributed by atoms with Crippen molar-refractivity contribution >= 4 is 34.9 Å². The molecule has 0 amide bonds. The summed E-state index contributed by atoms with van der Waals surface area (Å²) in [7, 11) is 0. The molecule has 1 unspecified atom stereocenters. The molecular weight excluding hydrogens is 384 g/mol. The van der Waals surface area contributed by atoms with Gasteiger partial charge in [-0.25, -0.2) is 4.99 Å². The summed E-state index contributed by atoms with van der Waals surface area (Å²) in [6, 6.07) is 14.5. The molecule has 6 nitrogen and oxygen atoms in total. The van der Waals surface area contributed by atoms with Crippen LogP contribution in [0.25, 0.3) is 0 Å². The third kappa shape index (κ3) is 4.17. The molecule has 7 heteroatoms. The molecule has 2 aliphatic rings. The first-order valence-corrected chi connectivity index (χ1v) is 10.5. The van der Waals surface area contributed by atoms with Crippen LogP contribution in [-0.2, 0) is 6.42 Å². The van der Waals surface area contributed by atoms with E-state index in [0.717, 1.165) is 60.3 Å². The maximum Gasteiger partial charge on any atom is 0.222 e. The zero-order valence-corrected chi connectivity index (χ0v) is 17.7. The van der Waals surface area contributed by atoms with Crippen molar-refractivity contribution < 1.29 is 0 Å². The molecule has 1 saturated heterocycles. The van der Waals surface area contributed by atoms with E-state index in [4.69, 9.17) is 17.3 Å². The Labute approximate surface area is 177 Å². The molecular formula is C22H27ClN6. The van der Waals surface area contributed by atoms with Gasteiger partial charge in [0.05, 0.1) is 0 Å². The fourth-order valence-corrected chi connectivity index (χ4v) is 3.88. The van der Waals surface area contributed by atoms with E-state index in [0.29, 0.717) is 0 Å². The predicted octanol–water partition coefficient (Wildman–Crippen LogP) is 4.19. The van der Waals surface area contributed by atoms with E-state index in [2.05, 4.69) is 56.3 Å². The standard InChI is InChI=1S/C22H27ClN6/c1-3-16-7-10-18(11-8-16)29-21(25-17-9-6-15(2)19(23)14-17)26-20(24)27-22(29)28-12-4-5-13-28/h6-11,14,21,25H,3-5,12-13H2,1-2H3,(H2,24,26). The molecule has 0 aliphatic carbocycles. The highest BCUT2D eigenvalue weighted by atomic mass is 35.5. The van der Waals surface area contributed by atoms with Gasteiger partial charge in [0.25, 0.3) is 0 Å². The molecule has 0 saturated carbocycles. The number of benzene rings is 2. The van der Waals surface area contributed by atoms with Gasteiger partial charge in [0.2, 0.25) is 18.2 Å². The van der Waals surface area contributed by atoms with Gasteiger partial charge in [-0.05, 0) is 61.6 Å². The van der Waals surface area contributed by atoms with Crippen LogP contribution in [0.15, 0.2) is 52.4 Å². The van der Waals surface area contributed by atoms with Crippen LogP contribution in [0.5, 0.6) is 0 Å². The predicted molar refractivity (Wildman–Crippen MR) is 122 cm³/mol. The molecule has 2 aromatic carbocycles. The highest BCUT2D eigenvalue weighted by Crippen LogP contribution is 2.27. The Kier molecular flexibility index (Phi) is 5.62. The molecule has 2 aromatic rings. The van der Waals surface area contributed by atoms with E-state index < -0.39 is 6.29 Å². The first-order chi connectivity index (χ1) is 14.0. The Morgan fingerprint density at radius 1 is 1.14 bits per heavy atom. The molecule has 3 N–H and O–H groups in total. The fraction of sp³-hybridized carbons (Fsp3) is 0.364. The minimum absolute atomic E-state index is 0.282. The lowest BCUT2D eigenvalue weighted by Crippen LogP contribution is -2.54. The van der Waals surface area contributed by atoms with Gasteiger partial charge in [-0.3, -0.25) is 4.90 Å². The van der Waals surface area contributed by atoms with Crippen molar-refractivity contribution in [3.8, 4) is 0 Å². The third-order valence-corrected chi connectivity index (χ3v) is 5.82. The zero-order chi connectivity index (χ0) is 20.4. The smallest absolute Gasteiger partial charge is 0.222 e. The van der Waals surface area contributed by atoms with Crippen molar-refractivity contribution in [1.82, 2.24) is 4.90 Å². The summed E-state index contributed by atoms with van der Waals surface area (Å²) in [6.45, 7) is 6.09. The van der Waals surface area contributed by atoms with Gasteiger partial charge in [0.15, 0.2) is 0 Å². The number of likely N-dealkylation sites (tertiary alicyclic amines) is 1. The molecule has 0 bridgehead atoms. The Morgan fingerprint density at radius 3 is 2.52 bits per heavy atom. The number of guanidine groups is 2. The summed E-state index contributed by atoms with van der Waals surface area (Å²) in [5.74, 6) is 1.12. The van der Waals surface area contributed by atoms with Crippen LogP contribution >= 0.6 is 11.6 Å². The van der Waals surface area contributed by atoms with Crippen molar-refractivity contribution in [1.29, 1.82) is 0 Å². The number of rotatable bonds is 4. The quantitative estimate of drug-likeness (QED) is 0.792. The van der Waals surface area contributed by atoms with Crippen LogP contribution < -0.4 is 16.0 Å². The largest absolute Gasteiger partial charge is 0.368 e. The highest BCUT2D eigenvalue weighted by molar-refractivity contribution is 6.31. The Morgan fingerprint density at radius 2 is 1.86 bits per heavy atom. The van der Waals surface area contributed by atoms with E-state index in [-0.39, 0.29) is 5.96 Å². The van der Waals surface area contributed by atoms with E-state index in [9.17, 15) is 0 Å². The number of nitrogens with one attached hydrogen (secondary N) is 1. The number of hydrogen-bond acceptors (Lipinski definition) is 6. The van der Waals surface area contributed by atoms with Gasteiger partial charge in [-0.2, -0.15) is 4.99 Å². The van der Waals surface area contributed by atoms with Crippen LogP contribution in [0.1, 0.15) is 30.9 Å². The molecule has 1 atom stereocenters. The number of hydrogen-bond donors (Lipinski definition) is 2. The maximum atomic E-state index is 6.33. The normalized spacial score (nSPS) is 19.2. The zero-order valence-electron chi connectivity index (χ0n) is 16.9. The second-order valence-corrected chi connectivity index (χ2v) is 7.87. The van der Waals surface area contributed by atoms with Gasteiger partial charge in [0, 0.05) is 29.5 Å². The summed E-state index contributed by atoms with van der Waals surface area (Å²) in [5.41, 5.74) is 10.4. The number of halogens is 1. The first-order valence-electron chi connectivity index (χ1n) is 10.1. The number of nitrogens with two attached hydrogens (primary N) is 1. The monoisotopic (exact) mass is 410 g/mol. The Hall–Kier alpha value is -2.73. The average molecular weight is 411 g/mol. The topological polar surface area (TPSA) is 69.2 Å². The lowest BCUT2D eigenvalue weighted by atomic mass is 10.1. The molecule has 1 fully saturated rings. The minimum atomic E-state index is -0.408. The summed E-state index contributed by atoms with van der Waals surface area (Å²) in [4.78, 5) is 13.6. The van der Waals surface area contributed by atoms with Crippen molar-refractivity contribution in [3.63, 3.8) is 0 Å². The van der Waals surface area contributed by atoms with Crippen LogP contribution in [0, 0.1) is 6.92 Å². The van der Waals surface area contributed by atoms with Gasteiger partial charge < -0.3 is 16.0 Å². The van der Waals surface area contributed by atoms with E-state index in [1.165, 1.54) is 5.56 Å². The summed E-state index contributed by atoms with van der Waals surface area (Å²) in [6.07, 6.45) is 2.91. The van der Waals surface area contributed by atoms with Crippen molar-refractivity contribution in [2.45, 2.75) is 39.4 Å². The number of nitrogens with zero attached hydrogens (tertiary/aromatic N) is 4. The van der Waals surface area contributed by atoms with Gasteiger partial charge >= 0.3 is 0 Å². The maximum absolute atomic E-state index is 6.33. The van der Waals surface area contributed by atoms with Crippen molar-refractivity contribution in [2.75, 3.05) is 23.3 Å². The molecule has 0 spiro atoms. The minimum Gasteiger partial charge on any atom is -0.368 e. The Balaban J connectivity index is 1.71. The SMILES string of the molecule is CCc1ccc(N2C(N3CCCC3)=NC(N)=NC2Nc2ccc(C)c(Cl)c2)cc1. The molecule has 2 heterocycles. The molecule has 4 rings (SSSR count). The summed E-state index contributed by atoms with van der Waals surface area (Å²) < 4.78 is 0. The molecule has 152 valence electrons. The summed E-state index contributed by atoms with van der Waals surface area (Å²) >= 11 is 6.33. The van der Waals surface area contributed by atoms with Crippen molar-refractivity contribution in [2.24, 2.45) is 15.7 Å². The third-order valence-electron chi connectivity index (χ3n) is 5.41. The summed E-state index contributed by atoms with van der Waals surface area (Å²) in [5, 5.41) is 4.19. The lowest BCUT2D eigenvalue weighted by Gasteiger charge is -2.38. The van der Waals surface area contributed by atoms with Gasteiger partial charge in [0.1, 0.15) is 0 Å². The molecule has 0 radical (unpaired) electrons.